The van der Waals surface area contributed by atoms with Gasteiger partial charge in [-0.05, 0) is 43.0 Å². The summed E-state index contributed by atoms with van der Waals surface area (Å²) in [7, 11) is 0. The molecule has 2 atom stereocenters. The summed E-state index contributed by atoms with van der Waals surface area (Å²) in [5.74, 6) is 0.865. The molecule has 1 saturated heterocycles. The van der Waals surface area contributed by atoms with Crippen LogP contribution in [-0.2, 0) is 11.3 Å². The number of likely N-dealkylation sites (tertiary alicyclic amines) is 1. The van der Waals surface area contributed by atoms with Crippen LogP contribution in [0, 0.1) is 12.8 Å². The van der Waals surface area contributed by atoms with Gasteiger partial charge >= 0.3 is 0 Å². The molecule has 4 rings (SSSR count). The monoisotopic (exact) mass is 447 g/mol. The van der Waals surface area contributed by atoms with Crippen molar-refractivity contribution in [2.45, 2.75) is 25.8 Å². The highest BCUT2D eigenvalue weighted by atomic mass is 35.5. The molecule has 3 heterocycles. The molecule has 8 heteroatoms. The van der Waals surface area contributed by atoms with Gasteiger partial charge in [0, 0.05) is 48.0 Å². The van der Waals surface area contributed by atoms with Crippen LogP contribution in [-0.4, -0.2) is 38.5 Å². The molecule has 2 aliphatic rings. The van der Waals surface area contributed by atoms with E-state index in [9.17, 15) is 9.59 Å². The summed E-state index contributed by atoms with van der Waals surface area (Å²) in [5.41, 5.74) is 2.76. The Hall–Kier alpha value is -1.83. The molecule has 0 spiro atoms. The third-order valence-electron chi connectivity index (χ3n) is 5.61. The smallest absolute Gasteiger partial charge is 0.250 e. The molecule has 1 aromatic heterocycles. The number of nitrogens with one attached hydrogen (secondary N) is 1. The average molecular weight is 448 g/mol. The first-order valence-corrected chi connectivity index (χ1v) is 11.4. The normalized spacial score (nSPS) is 20.1. The Morgan fingerprint density at radius 1 is 1.24 bits per heavy atom. The Labute approximate surface area is 184 Å². The summed E-state index contributed by atoms with van der Waals surface area (Å²) in [5, 5.41) is 3.54. The number of fused-ring (bicyclic) bond motifs is 4. The Kier molecular flexibility index (Phi) is 5.99. The fourth-order valence-electron chi connectivity index (χ4n) is 4.19. The summed E-state index contributed by atoms with van der Waals surface area (Å²) < 4.78 is 2.65. The maximum Gasteiger partial charge on any atom is 0.250 e. The number of hydrogen-bond donors (Lipinski definition) is 1. The minimum absolute atomic E-state index is 0.0792. The zero-order valence-corrected chi connectivity index (χ0v) is 18.4. The number of amides is 1. The lowest BCUT2D eigenvalue weighted by Gasteiger charge is -2.43. The maximum atomic E-state index is 12.4. The summed E-state index contributed by atoms with van der Waals surface area (Å²) in [6, 6.07) is 11.0. The quantitative estimate of drug-likeness (QED) is 0.723. The molecule has 5 nitrogen and oxygen atoms in total. The van der Waals surface area contributed by atoms with Gasteiger partial charge in [-0.25, -0.2) is 0 Å². The number of carbonyl (C=O) groups is 1. The third kappa shape index (κ3) is 4.37. The number of benzene rings is 1. The van der Waals surface area contributed by atoms with Crippen molar-refractivity contribution < 1.29 is 4.79 Å². The molecule has 1 amide bonds. The summed E-state index contributed by atoms with van der Waals surface area (Å²) >= 11 is 13.1. The fourth-order valence-corrected chi connectivity index (χ4v) is 5.35. The maximum absolute atomic E-state index is 12.4. The lowest BCUT2D eigenvalue weighted by Crippen LogP contribution is -2.48. The van der Waals surface area contributed by atoms with Gasteiger partial charge < -0.3 is 14.8 Å². The Morgan fingerprint density at radius 3 is 2.86 bits per heavy atom. The Bertz CT molecular complexity index is 1020. The highest BCUT2D eigenvalue weighted by Gasteiger charge is 2.35. The van der Waals surface area contributed by atoms with Crippen LogP contribution in [0.1, 0.15) is 23.6 Å². The standard InChI is InChI=1S/C21H22ClN3O2S2/c1-13-16(22)4-2-5-17(13)23-19(26)12-29-21(28)24-9-14-8-15(11-24)18-6-3-7-20(27)25(18)10-14/h2-7,14-15H,8-12H2,1H3,(H,23,26)/t14-,15-/m0/s1. The van der Waals surface area contributed by atoms with E-state index in [1.807, 2.05) is 35.8 Å². The number of nitrogens with zero attached hydrogens (tertiary/aromatic N) is 2. The molecule has 29 heavy (non-hydrogen) atoms. The topological polar surface area (TPSA) is 54.3 Å². The molecule has 1 N–H and O–H groups in total. The van der Waals surface area contributed by atoms with E-state index in [0.717, 1.165) is 47.3 Å². The predicted octanol–water partition coefficient (Wildman–Crippen LogP) is 3.89. The van der Waals surface area contributed by atoms with Crippen molar-refractivity contribution in [2.24, 2.45) is 5.92 Å². The first kappa shape index (κ1) is 20.4. The number of anilines is 1. The van der Waals surface area contributed by atoms with Gasteiger partial charge in [0.15, 0.2) is 0 Å². The second kappa shape index (κ2) is 8.50. The molecule has 0 unspecified atom stereocenters. The van der Waals surface area contributed by atoms with Crippen LogP contribution >= 0.6 is 35.6 Å². The lowest BCUT2D eigenvalue weighted by atomic mass is 9.83. The molecule has 0 radical (unpaired) electrons. The van der Waals surface area contributed by atoms with Crippen LogP contribution in [0.25, 0.3) is 0 Å². The molecule has 2 aromatic rings. The van der Waals surface area contributed by atoms with Crippen molar-refractivity contribution in [1.82, 2.24) is 9.47 Å². The van der Waals surface area contributed by atoms with Crippen molar-refractivity contribution in [3.05, 3.63) is 63.0 Å². The molecule has 0 saturated carbocycles. The molecule has 1 aromatic carbocycles. The number of carbonyl (C=O) groups excluding carboxylic acids is 1. The minimum Gasteiger partial charge on any atom is -0.356 e. The van der Waals surface area contributed by atoms with Crippen molar-refractivity contribution in [2.75, 3.05) is 24.2 Å². The number of rotatable bonds is 3. The molecular weight excluding hydrogens is 426 g/mol. The van der Waals surface area contributed by atoms with Crippen molar-refractivity contribution in [1.29, 1.82) is 0 Å². The number of thiocarbonyl (C=S) groups is 1. The van der Waals surface area contributed by atoms with Crippen LogP contribution in [0.5, 0.6) is 0 Å². The highest BCUT2D eigenvalue weighted by molar-refractivity contribution is 8.23. The van der Waals surface area contributed by atoms with E-state index < -0.39 is 0 Å². The zero-order valence-electron chi connectivity index (χ0n) is 16.1. The number of halogens is 1. The summed E-state index contributed by atoms with van der Waals surface area (Å²) in [6.45, 7) is 4.24. The number of pyridine rings is 1. The van der Waals surface area contributed by atoms with Crippen LogP contribution in [0.3, 0.4) is 0 Å². The predicted molar refractivity (Wildman–Crippen MR) is 123 cm³/mol. The van der Waals surface area contributed by atoms with Crippen LogP contribution in [0.15, 0.2) is 41.2 Å². The SMILES string of the molecule is Cc1c(Cl)cccc1NC(=O)CSC(=S)N1C[C@@H]2C[C@@H](C1)c1cccc(=O)n1C2. The number of thioether (sulfide) groups is 1. The van der Waals surface area contributed by atoms with Gasteiger partial charge in [0.2, 0.25) is 5.91 Å². The Balaban J connectivity index is 1.36. The second-order valence-electron chi connectivity index (χ2n) is 7.62. The molecule has 152 valence electrons. The first-order valence-electron chi connectivity index (χ1n) is 9.59. The fraction of sp³-hybridized carbons (Fsp3) is 0.381. The van der Waals surface area contributed by atoms with Crippen molar-refractivity contribution in [3.8, 4) is 0 Å². The molecule has 0 aliphatic carbocycles. The number of aromatic nitrogens is 1. The molecule has 2 aliphatic heterocycles. The van der Waals surface area contributed by atoms with Gasteiger partial charge in [-0.15, -0.1) is 0 Å². The van der Waals surface area contributed by atoms with Gasteiger partial charge in [-0.1, -0.05) is 47.7 Å². The van der Waals surface area contributed by atoms with E-state index in [1.54, 1.807) is 12.1 Å². The minimum atomic E-state index is -0.100. The summed E-state index contributed by atoms with van der Waals surface area (Å²) in [4.78, 5) is 26.7. The van der Waals surface area contributed by atoms with E-state index >= 15 is 0 Å². The Morgan fingerprint density at radius 2 is 2.03 bits per heavy atom. The van der Waals surface area contributed by atoms with E-state index in [1.165, 1.54) is 11.8 Å². The van der Waals surface area contributed by atoms with Crippen LogP contribution in [0.2, 0.25) is 5.02 Å². The van der Waals surface area contributed by atoms with E-state index in [-0.39, 0.29) is 17.2 Å². The first-order chi connectivity index (χ1) is 13.9. The van der Waals surface area contributed by atoms with E-state index in [4.69, 9.17) is 23.8 Å². The van der Waals surface area contributed by atoms with Crippen LogP contribution in [0.4, 0.5) is 5.69 Å². The zero-order chi connectivity index (χ0) is 20.5. The second-order valence-corrected chi connectivity index (χ2v) is 9.63. The van der Waals surface area contributed by atoms with Crippen LogP contribution < -0.4 is 10.9 Å². The van der Waals surface area contributed by atoms with Gasteiger partial charge in [-0.2, -0.15) is 0 Å². The van der Waals surface area contributed by atoms with Gasteiger partial charge in [0.05, 0.1) is 5.75 Å². The largest absolute Gasteiger partial charge is 0.356 e. The van der Waals surface area contributed by atoms with E-state index in [0.29, 0.717) is 16.9 Å². The van der Waals surface area contributed by atoms with E-state index in [2.05, 4.69) is 10.2 Å². The summed E-state index contributed by atoms with van der Waals surface area (Å²) in [6.07, 6.45) is 1.09. The van der Waals surface area contributed by atoms with Gasteiger partial charge in [0.1, 0.15) is 4.32 Å². The lowest BCUT2D eigenvalue weighted by molar-refractivity contribution is -0.113. The number of piperidine rings is 1. The van der Waals surface area contributed by atoms with Gasteiger partial charge in [0.25, 0.3) is 5.56 Å². The molecule has 2 bridgehead atoms. The average Bonchev–Trinajstić information content (AvgIpc) is 2.70. The molecular formula is C21H22ClN3O2S2. The van der Waals surface area contributed by atoms with Gasteiger partial charge in [-0.3, -0.25) is 9.59 Å². The number of hydrogen-bond acceptors (Lipinski definition) is 4. The highest BCUT2D eigenvalue weighted by Crippen LogP contribution is 2.36. The third-order valence-corrected chi connectivity index (χ3v) is 7.54. The van der Waals surface area contributed by atoms with Crippen molar-refractivity contribution in [3.63, 3.8) is 0 Å². The molecule has 1 fully saturated rings. The van der Waals surface area contributed by atoms with Crippen molar-refractivity contribution >= 4 is 51.5 Å².